The van der Waals surface area contributed by atoms with E-state index in [1.165, 1.54) is 0 Å². The Labute approximate surface area is 170 Å². The number of likely N-dealkylation sites (tertiary alicyclic amines) is 1. The molecule has 0 radical (unpaired) electrons. The zero-order valence-electron chi connectivity index (χ0n) is 17.0. The van der Waals surface area contributed by atoms with Gasteiger partial charge in [0, 0.05) is 43.2 Å². The van der Waals surface area contributed by atoms with Crippen LogP contribution in [0.3, 0.4) is 0 Å². The van der Waals surface area contributed by atoms with Crippen LogP contribution in [-0.2, 0) is 13.0 Å². The fraction of sp³-hybridized carbons (Fsp3) is 0.455. The highest BCUT2D eigenvalue weighted by Crippen LogP contribution is 2.24. The Morgan fingerprint density at radius 1 is 1.17 bits per heavy atom. The van der Waals surface area contributed by atoms with Crippen LogP contribution in [-0.4, -0.2) is 46.3 Å². The molecule has 0 aliphatic carbocycles. The largest absolute Gasteiger partial charge is 0.366 e. The number of nitrogens with one attached hydrogen (secondary N) is 2. The van der Waals surface area contributed by atoms with Gasteiger partial charge < -0.3 is 15.5 Å². The molecular formula is C22H27N5O2. The SMILES string of the molecule is CC(C)c1nc(NCc2ccc(C(=O)N3CCCC3)cc2)c2c(n1)C(=O)NCC2. The molecule has 2 N–H and O–H groups in total. The van der Waals surface area contributed by atoms with E-state index < -0.39 is 0 Å². The van der Waals surface area contributed by atoms with E-state index in [0.29, 0.717) is 31.0 Å². The minimum Gasteiger partial charge on any atom is -0.366 e. The zero-order valence-corrected chi connectivity index (χ0v) is 17.0. The smallest absolute Gasteiger partial charge is 0.270 e. The molecule has 2 aromatic rings. The second kappa shape index (κ2) is 8.19. The van der Waals surface area contributed by atoms with Crippen LogP contribution in [0, 0.1) is 0 Å². The predicted molar refractivity (Wildman–Crippen MR) is 111 cm³/mol. The first-order valence-corrected chi connectivity index (χ1v) is 10.3. The molecule has 3 heterocycles. The van der Waals surface area contributed by atoms with Crippen molar-refractivity contribution in [1.82, 2.24) is 20.2 Å². The summed E-state index contributed by atoms with van der Waals surface area (Å²) >= 11 is 0. The Morgan fingerprint density at radius 2 is 1.90 bits per heavy atom. The molecule has 7 heteroatoms. The molecule has 0 unspecified atom stereocenters. The molecular weight excluding hydrogens is 366 g/mol. The molecule has 0 spiro atoms. The quantitative estimate of drug-likeness (QED) is 0.816. The number of hydrogen-bond acceptors (Lipinski definition) is 5. The van der Waals surface area contributed by atoms with Crippen molar-refractivity contribution in [2.45, 2.75) is 45.6 Å². The molecule has 1 aromatic carbocycles. The zero-order chi connectivity index (χ0) is 20.4. The van der Waals surface area contributed by atoms with Crippen LogP contribution in [0.2, 0.25) is 0 Å². The van der Waals surface area contributed by atoms with E-state index in [4.69, 9.17) is 0 Å². The molecule has 0 atom stereocenters. The van der Waals surface area contributed by atoms with Crippen molar-refractivity contribution in [3.8, 4) is 0 Å². The van der Waals surface area contributed by atoms with Crippen LogP contribution < -0.4 is 10.6 Å². The predicted octanol–water partition coefficient (Wildman–Crippen LogP) is 2.73. The Hall–Kier alpha value is -2.96. The fourth-order valence-corrected chi connectivity index (χ4v) is 3.77. The maximum atomic E-state index is 12.5. The standard InChI is InChI=1S/C22H27N5O2/c1-14(2)19-25-18-17(9-10-23-21(18)28)20(26-19)24-13-15-5-7-16(8-6-15)22(29)27-11-3-4-12-27/h5-8,14H,3-4,9-13H2,1-2H3,(H,23,28)(H,24,25,26). The van der Waals surface area contributed by atoms with Crippen LogP contribution in [0.15, 0.2) is 24.3 Å². The van der Waals surface area contributed by atoms with E-state index >= 15 is 0 Å². The number of hydrogen-bond donors (Lipinski definition) is 2. The summed E-state index contributed by atoms with van der Waals surface area (Å²) in [5.41, 5.74) is 3.14. The minimum absolute atomic E-state index is 0.111. The van der Waals surface area contributed by atoms with Crippen LogP contribution in [0.25, 0.3) is 0 Å². The van der Waals surface area contributed by atoms with Crippen LogP contribution in [0.5, 0.6) is 0 Å². The van der Waals surface area contributed by atoms with Crippen molar-refractivity contribution in [2.75, 3.05) is 25.0 Å². The number of carbonyl (C=O) groups excluding carboxylic acids is 2. The lowest BCUT2D eigenvalue weighted by Crippen LogP contribution is -2.34. The highest BCUT2D eigenvalue weighted by Gasteiger charge is 2.24. The van der Waals surface area contributed by atoms with Crippen LogP contribution >= 0.6 is 0 Å². The van der Waals surface area contributed by atoms with Crippen LogP contribution in [0.4, 0.5) is 5.82 Å². The van der Waals surface area contributed by atoms with Gasteiger partial charge in [-0.3, -0.25) is 9.59 Å². The van der Waals surface area contributed by atoms with Gasteiger partial charge in [0.2, 0.25) is 0 Å². The molecule has 152 valence electrons. The van der Waals surface area contributed by atoms with E-state index in [-0.39, 0.29) is 17.7 Å². The maximum Gasteiger partial charge on any atom is 0.270 e. The van der Waals surface area contributed by atoms with Gasteiger partial charge in [-0.25, -0.2) is 9.97 Å². The Balaban J connectivity index is 1.50. The number of nitrogens with zero attached hydrogens (tertiary/aromatic N) is 3. The van der Waals surface area contributed by atoms with E-state index in [9.17, 15) is 9.59 Å². The second-order valence-electron chi connectivity index (χ2n) is 7.97. The summed E-state index contributed by atoms with van der Waals surface area (Å²) < 4.78 is 0. The van der Waals surface area contributed by atoms with Crippen LogP contribution in [0.1, 0.15) is 70.4 Å². The van der Waals surface area contributed by atoms with Gasteiger partial charge in [0.25, 0.3) is 11.8 Å². The molecule has 4 rings (SSSR count). The van der Waals surface area contributed by atoms with E-state index in [1.54, 1.807) is 0 Å². The first-order chi connectivity index (χ1) is 14.0. The van der Waals surface area contributed by atoms with Crippen molar-refractivity contribution in [3.05, 3.63) is 52.5 Å². The van der Waals surface area contributed by atoms with Crippen molar-refractivity contribution >= 4 is 17.6 Å². The molecule has 1 aromatic heterocycles. The lowest BCUT2D eigenvalue weighted by Gasteiger charge is -2.21. The van der Waals surface area contributed by atoms with Crippen molar-refractivity contribution in [1.29, 1.82) is 0 Å². The normalized spacial score (nSPS) is 16.0. The van der Waals surface area contributed by atoms with Gasteiger partial charge in [0.15, 0.2) is 0 Å². The van der Waals surface area contributed by atoms with Gasteiger partial charge in [0.05, 0.1) is 0 Å². The Kier molecular flexibility index (Phi) is 5.47. The lowest BCUT2D eigenvalue weighted by atomic mass is 10.0. The van der Waals surface area contributed by atoms with Crippen molar-refractivity contribution < 1.29 is 9.59 Å². The van der Waals surface area contributed by atoms with Gasteiger partial charge in [-0.2, -0.15) is 0 Å². The highest BCUT2D eigenvalue weighted by molar-refractivity contribution is 5.96. The lowest BCUT2D eigenvalue weighted by molar-refractivity contribution is 0.0792. The summed E-state index contributed by atoms with van der Waals surface area (Å²) in [6, 6.07) is 7.72. The first kappa shape index (κ1) is 19.4. The fourth-order valence-electron chi connectivity index (χ4n) is 3.77. The topological polar surface area (TPSA) is 87.2 Å². The molecule has 1 fully saturated rings. The molecule has 0 saturated carbocycles. The molecule has 2 aliphatic heterocycles. The summed E-state index contributed by atoms with van der Waals surface area (Å²) in [6.07, 6.45) is 2.89. The minimum atomic E-state index is -0.136. The molecule has 7 nitrogen and oxygen atoms in total. The van der Waals surface area contributed by atoms with E-state index in [1.807, 2.05) is 43.0 Å². The molecule has 29 heavy (non-hydrogen) atoms. The maximum absolute atomic E-state index is 12.5. The third kappa shape index (κ3) is 4.09. The summed E-state index contributed by atoms with van der Waals surface area (Å²) in [5.74, 6) is 1.50. The number of benzene rings is 1. The molecule has 0 bridgehead atoms. The van der Waals surface area contributed by atoms with Gasteiger partial charge in [-0.05, 0) is 37.0 Å². The average Bonchev–Trinajstić information content (AvgIpc) is 3.27. The molecule has 2 amide bonds. The van der Waals surface area contributed by atoms with E-state index in [0.717, 1.165) is 48.4 Å². The van der Waals surface area contributed by atoms with Gasteiger partial charge in [-0.15, -0.1) is 0 Å². The number of anilines is 1. The van der Waals surface area contributed by atoms with Crippen molar-refractivity contribution in [3.63, 3.8) is 0 Å². The van der Waals surface area contributed by atoms with Gasteiger partial charge in [0.1, 0.15) is 17.3 Å². The summed E-state index contributed by atoms with van der Waals surface area (Å²) in [7, 11) is 0. The number of carbonyl (C=O) groups is 2. The number of aromatic nitrogens is 2. The molecule has 2 aliphatic rings. The third-order valence-corrected chi connectivity index (χ3v) is 5.47. The van der Waals surface area contributed by atoms with Gasteiger partial charge >= 0.3 is 0 Å². The second-order valence-corrected chi connectivity index (χ2v) is 7.97. The number of rotatable bonds is 5. The summed E-state index contributed by atoms with van der Waals surface area (Å²) in [6.45, 7) is 6.91. The monoisotopic (exact) mass is 393 g/mol. The Bertz CT molecular complexity index is 918. The summed E-state index contributed by atoms with van der Waals surface area (Å²) in [4.78, 5) is 35.8. The first-order valence-electron chi connectivity index (χ1n) is 10.3. The van der Waals surface area contributed by atoms with Crippen molar-refractivity contribution in [2.24, 2.45) is 0 Å². The number of amides is 2. The third-order valence-electron chi connectivity index (χ3n) is 5.47. The molecule has 1 saturated heterocycles. The Morgan fingerprint density at radius 3 is 2.59 bits per heavy atom. The highest BCUT2D eigenvalue weighted by atomic mass is 16.2. The van der Waals surface area contributed by atoms with Gasteiger partial charge in [-0.1, -0.05) is 26.0 Å². The average molecular weight is 393 g/mol. The van der Waals surface area contributed by atoms with E-state index in [2.05, 4.69) is 20.6 Å². The summed E-state index contributed by atoms with van der Waals surface area (Å²) in [5, 5.41) is 6.23. The number of fused-ring (bicyclic) bond motifs is 1.